The van der Waals surface area contributed by atoms with E-state index in [4.69, 9.17) is 9.47 Å². The highest BCUT2D eigenvalue weighted by molar-refractivity contribution is 9.10. The zero-order chi connectivity index (χ0) is 8.55. The third kappa shape index (κ3) is 1.47. The van der Waals surface area contributed by atoms with Gasteiger partial charge in [0.1, 0.15) is 11.9 Å². The van der Waals surface area contributed by atoms with Crippen LogP contribution in [0.15, 0.2) is 22.7 Å². The Morgan fingerprint density at radius 1 is 1.58 bits per heavy atom. The van der Waals surface area contributed by atoms with Crippen LogP contribution in [0.2, 0.25) is 0 Å². The van der Waals surface area contributed by atoms with Crippen LogP contribution in [0.1, 0.15) is 11.7 Å². The molecular formula is C9H9BrO2. The van der Waals surface area contributed by atoms with Gasteiger partial charge in [-0.05, 0) is 33.6 Å². The highest BCUT2D eigenvalue weighted by Crippen LogP contribution is 2.34. The summed E-state index contributed by atoms with van der Waals surface area (Å²) in [4.78, 5) is 0. The quantitative estimate of drug-likeness (QED) is 0.727. The summed E-state index contributed by atoms with van der Waals surface area (Å²) in [5.41, 5.74) is 1.19. The van der Waals surface area contributed by atoms with Crippen molar-refractivity contribution in [2.75, 3.05) is 13.7 Å². The van der Waals surface area contributed by atoms with E-state index in [0.29, 0.717) is 6.10 Å². The van der Waals surface area contributed by atoms with Crippen molar-refractivity contribution < 1.29 is 9.47 Å². The van der Waals surface area contributed by atoms with Crippen molar-refractivity contribution in [1.82, 2.24) is 0 Å². The first kappa shape index (κ1) is 8.08. The summed E-state index contributed by atoms with van der Waals surface area (Å²) in [5.74, 6) is 0.864. The van der Waals surface area contributed by atoms with Gasteiger partial charge in [-0.25, -0.2) is 0 Å². The fourth-order valence-electron chi connectivity index (χ4n) is 1.12. The molecule has 0 amide bonds. The zero-order valence-corrected chi connectivity index (χ0v) is 8.30. The van der Waals surface area contributed by atoms with Crippen molar-refractivity contribution in [3.63, 3.8) is 0 Å². The molecule has 0 saturated carbocycles. The van der Waals surface area contributed by atoms with Gasteiger partial charge in [0, 0.05) is 0 Å². The number of ether oxygens (including phenoxy) is 2. The summed E-state index contributed by atoms with van der Waals surface area (Å²) in [7, 11) is 1.66. The molecule has 2 nitrogen and oxygen atoms in total. The average molecular weight is 229 g/mol. The van der Waals surface area contributed by atoms with Crippen LogP contribution in [0.5, 0.6) is 5.75 Å². The van der Waals surface area contributed by atoms with E-state index in [2.05, 4.69) is 15.9 Å². The Morgan fingerprint density at radius 2 is 2.33 bits per heavy atom. The Labute approximate surface area is 79.6 Å². The van der Waals surface area contributed by atoms with Gasteiger partial charge in [0.05, 0.1) is 18.2 Å². The number of methoxy groups -OCH3 is 1. The molecule has 1 aromatic rings. The number of halogens is 1. The summed E-state index contributed by atoms with van der Waals surface area (Å²) >= 11 is 3.39. The standard InChI is InChI=1S/C9H9BrO2/c1-11-8-4-6(9-5-12-9)2-3-7(8)10/h2-4,9H,5H2,1H3. The minimum absolute atomic E-state index is 0.298. The second kappa shape index (κ2) is 3.07. The number of rotatable bonds is 2. The first-order chi connectivity index (χ1) is 5.81. The fourth-order valence-corrected chi connectivity index (χ4v) is 1.53. The summed E-state index contributed by atoms with van der Waals surface area (Å²) in [6.07, 6.45) is 0.298. The molecule has 64 valence electrons. The van der Waals surface area contributed by atoms with E-state index < -0.39 is 0 Å². The number of epoxide rings is 1. The lowest BCUT2D eigenvalue weighted by atomic mass is 10.1. The molecule has 0 radical (unpaired) electrons. The molecule has 1 unspecified atom stereocenters. The summed E-state index contributed by atoms with van der Waals surface area (Å²) < 4.78 is 11.3. The van der Waals surface area contributed by atoms with Gasteiger partial charge in [-0.2, -0.15) is 0 Å². The third-order valence-electron chi connectivity index (χ3n) is 1.88. The second-order valence-corrected chi connectivity index (χ2v) is 3.57. The maximum atomic E-state index is 5.16. The molecule has 1 heterocycles. The molecule has 1 aromatic carbocycles. The highest BCUT2D eigenvalue weighted by atomic mass is 79.9. The largest absolute Gasteiger partial charge is 0.496 e. The average Bonchev–Trinajstić information content (AvgIpc) is 2.88. The van der Waals surface area contributed by atoms with E-state index >= 15 is 0 Å². The Balaban J connectivity index is 2.33. The van der Waals surface area contributed by atoms with Crippen LogP contribution in [-0.2, 0) is 4.74 Å². The lowest BCUT2D eigenvalue weighted by molar-refractivity contribution is 0.403. The predicted molar refractivity (Wildman–Crippen MR) is 49.4 cm³/mol. The van der Waals surface area contributed by atoms with Crippen molar-refractivity contribution in [2.24, 2.45) is 0 Å². The lowest BCUT2D eigenvalue weighted by Gasteiger charge is -2.04. The molecule has 1 aliphatic heterocycles. The maximum Gasteiger partial charge on any atom is 0.133 e. The molecule has 3 heteroatoms. The number of benzene rings is 1. The van der Waals surface area contributed by atoms with Crippen LogP contribution in [-0.4, -0.2) is 13.7 Å². The summed E-state index contributed by atoms with van der Waals surface area (Å²) in [5, 5.41) is 0. The van der Waals surface area contributed by atoms with Gasteiger partial charge in [-0.15, -0.1) is 0 Å². The Hall–Kier alpha value is -0.540. The smallest absolute Gasteiger partial charge is 0.133 e. The maximum absolute atomic E-state index is 5.16. The summed E-state index contributed by atoms with van der Waals surface area (Å²) in [6.45, 7) is 0.838. The SMILES string of the molecule is COc1cc(C2CO2)ccc1Br. The molecule has 2 rings (SSSR count). The Bertz CT molecular complexity index is 295. The highest BCUT2D eigenvalue weighted by Gasteiger charge is 2.25. The topological polar surface area (TPSA) is 21.8 Å². The van der Waals surface area contributed by atoms with E-state index in [1.807, 2.05) is 18.2 Å². The molecule has 1 atom stereocenters. The molecule has 0 spiro atoms. The van der Waals surface area contributed by atoms with Crippen molar-refractivity contribution >= 4 is 15.9 Å². The van der Waals surface area contributed by atoms with E-state index in [9.17, 15) is 0 Å². The van der Waals surface area contributed by atoms with Crippen molar-refractivity contribution in [3.8, 4) is 5.75 Å². The van der Waals surface area contributed by atoms with Gasteiger partial charge < -0.3 is 9.47 Å². The van der Waals surface area contributed by atoms with E-state index in [1.165, 1.54) is 5.56 Å². The van der Waals surface area contributed by atoms with Crippen LogP contribution in [0.25, 0.3) is 0 Å². The first-order valence-electron chi connectivity index (χ1n) is 3.76. The van der Waals surface area contributed by atoms with Gasteiger partial charge >= 0.3 is 0 Å². The number of hydrogen-bond acceptors (Lipinski definition) is 2. The van der Waals surface area contributed by atoms with Crippen LogP contribution in [0.4, 0.5) is 0 Å². The monoisotopic (exact) mass is 228 g/mol. The van der Waals surface area contributed by atoms with Gasteiger partial charge in [-0.1, -0.05) is 6.07 Å². The van der Waals surface area contributed by atoms with Gasteiger partial charge in [0.25, 0.3) is 0 Å². The predicted octanol–water partition coefficient (Wildman–Crippen LogP) is 2.53. The molecule has 1 aliphatic rings. The minimum Gasteiger partial charge on any atom is -0.496 e. The summed E-state index contributed by atoms with van der Waals surface area (Å²) in [6, 6.07) is 6.03. The van der Waals surface area contributed by atoms with Crippen LogP contribution >= 0.6 is 15.9 Å². The van der Waals surface area contributed by atoms with Gasteiger partial charge in [0.2, 0.25) is 0 Å². The molecule has 0 aliphatic carbocycles. The van der Waals surface area contributed by atoms with Crippen molar-refractivity contribution in [1.29, 1.82) is 0 Å². The molecule has 1 fully saturated rings. The lowest BCUT2D eigenvalue weighted by Crippen LogP contribution is -1.87. The van der Waals surface area contributed by atoms with Crippen LogP contribution < -0.4 is 4.74 Å². The van der Waals surface area contributed by atoms with Crippen molar-refractivity contribution in [3.05, 3.63) is 28.2 Å². The minimum atomic E-state index is 0.298. The van der Waals surface area contributed by atoms with E-state index in [0.717, 1.165) is 16.8 Å². The molecular weight excluding hydrogens is 220 g/mol. The van der Waals surface area contributed by atoms with Crippen molar-refractivity contribution in [2.45, 2.75) is 6.10 Å². The van der Waals surface area contributed by atoms with E-state index in [1.54, 1.807) is 7.11 Å². The van der Waals surface area contributed by atoms with Gasteiger partial charge in [0.15, 0.2) is 0 Å². The molecule has 0 aromatic heterocycles. The van der Waals surface area contributed by atoms with Crippen LogP contribution in [0, 0.1) is 0 Å². The fraction of sp³-hybridized carbons (Fsp3) is 0.333. The molecule has 0 bridgehead atoms. The Kier molecular flexibility index (Phi) is 2.07. The second-order valence-electron chi connectivity index (χ2n) is 2.72. The molecule has 12 heavy (non-hydrogen) atoms. The normalized spacial score (nSPS) is 20.7. The number of hydrogen-bond donors (Lipinski definition) is 0. The first-order valence-corrected chi connectivity index (χ1v) is 4.55. The molecule has 0 N–H and O–H groups in total. The zero-order valence-electron chi connectivity index (χ0n) is 6.71. The van der Waals surface area contributed by atoms with Gasteiger partial charge in [-0.3, -0.25) is 0 Å². The van der Waals surface area contributed by atoms with Crippen LogP contribution in [0.3, 0.4) is 0 Å². The third-order valence-corrected chi connectivity index (χ3v) is 2.54. The molecule has 1 saturated heterocycles. The Morgan fingerprint density at radius 3 is 2.92 bits per heavy atom. The van der Waals surface area contributed by atoms with E-state index in [-0.39, 0.29) is 0 Å².